The summed E-state index contributed by atoms with van der Waals surface area (Å²) in [6.07, 6.45) is 1.46. The smallest absolute Gasteiger partial charge is 0.175 e. The van der Waals surface area contributed by atoms with E-state index in [1.165, 1.54) is 11.3 Å². The van der Waals surface area contributed by atoms with Crippen molar-refractivity contribution in [2.45, 2.75) is 0 Å². The number of hydrogen-bond donors (Lipinski definition) is 1. The van der Waals surface area contributed by atoms with Gasteiger partial charge in [-0.2, -0.15) is 0 Å². The fraction of sp³-hybridized carbons (Fsp3) is 0.500. The van der Waals surface area contributed by atoms with Crippen LogP contribution in [-0.4, -0.2) is 30.2 Å². The van der Waals surface area contributed by atoms with Crippen molar-refractivity contribution >= 4 is 12.1 Å². The molecule has 2 N–H and O–H groups in total. The van der Waals surface area contributed by atoms with E-state index in [0.29, 0.717) is 6.54 Å². The van der Waals surface area contributed by atoms with Crippen molar-refractivity contribution in [3.63, 3.8) is 0 Å². The van der Waals surface area contributed by atoms with Gasteiger partial charge in [0.2, 0.25) is 0 Å². The molecule has 44 valence electrons. The Bertz CT molecular complexity index is 131. The molecule has 1 aliphatic rings. The molecule has 0 fully saturated rings. The summed E-state index contributed by atoms with van der Waals surface area (Å²) < 4.78 is 0. The van der Waals surface area contributed by atoms with Gasteiger partial charge in [0.05, 0.1) is 12.9 Å². The molecular weight excluding hydrogens is 106 g/mol. The average Bonchev–Trinajstić information content (AvgIpc) is 1.64. The van der Waals surface area contributed by atoms with Crippen LogP contribution in [0.3, 0.4) is 0 Å². The largest absolute Gasteiger partial charge is 0.296 e. The molecule has 0 aromatic heterocycles. The molecule has 8 heavy (non-hydrogen) atoms. The summed E-state index contributed by atoms with van der Waals surface area (Å²) in [6, 6.07) is 0. The monoisotopic (exact) mass is 113 g/mol. The van der Waals surface area contributed by atoms with Gasteiger partial charge in [-0.05, 0) is 0 Å². The molecule has 4 heteroatoms. The minimum Gasteiger partial charge on any atom is -0.296 e. The van der Waals surface area contributed by atoms with Crippen molar-refractivity contribution < 1.29 is 4.79 Å². The van der Waals surface area contributed by atoms with Gasteiger partial charge in [-0.25, -0.2) is 5.84 Å². The van der Waals surface area contributed by atoms with Crippen molar-refractivity contribution in [3.05, 3.63) is 0 Å². The van der Waals surface area contributed by atoms with Gasteiger partial charge in [-0.15, -0.1) is 0 Å². The molecular formula is C4H7N3O. The highest BCUT2D eigenvalue weighted by molar-refractivity contribution is 5.87. The lowest BCUT2D eigenvalue weighted by atomic mass is 10.4. The second-order valence-electron chi connectivity index (χ2n) is 1.67. The molecule has 1 heterocycles. The highest BCUT2D eigenvalue weighted by Gasteiger charge is 2.06. The summed E-state index contributed by atoms with van der Waals surface area (Å²) >= 11 is 0. The molecule has 0 bridgehead atoms. The molecule has 0 saturated carbocycles. The highest BCUT2D eigenvalue weighted by atomic mass is 16.1. The fourth-order valence-electron chi connectivity index (χ4n) is 0.542. The van der Waals surface area contributed by atoms with E-state index in [0.717, 1.165) is 0 Å². The van der Waals surface area contributed by atoms with E-state index in [2.05, 4.69) is 4.99 Å². The van der Waals surface area contributed by atoms with Gasteiger partial charge in [0, 0.05) is 0 Å². The van der Waals surface area contributed by atoms with Crippen LogP contribution in [0.2, 0.25) is 0 Å². The van der Waals surface area contributed by atoms with E-state index in [1.54, 1.807) is 0 Å². The number of aliphatic imine (C=N–C) groups is 1. The highest BCUT2D eigenvalue weighted by Crippen LogP contribution is 1.84. The fourth-order valence-corrected chi connectivity index (χ4v) is 0.542. The maximum atomic E-state index is 10.4. The second-order valence-corrected chi connectivity index (χ2v) is 1.67. The molecule has 0 aliphatic carbocycles. The molecule has 0 radical (unpaired) electrons. The predicted octanol–water partition coefficient (Wildman–Crippen LogP) is -1.23. The zero-order valence-corrected chi connectivity index (χ0v) is 4.37. The summed E-state index contributed by atoms with van der Waals surface area (Å²) in [4.78, 5) is 14.1. The SMILES string of the molecule is NN1C=NCC(=O)C1. The van der Waals surface area contributed by atoms with E-state index in [4.69, 9.17) is 5.84 Å². The van der Waals surface area contributed by atoms with E-state index in [1.807, 2.05) is 0 Å². The third-order valence-corrected chi connectivity index (χ3v) is 0.857. The van der Waals surface area contributed by atoms with Crippen LogP contribution in [0.15, 0.2) is 4.99 Å². The summed E-state index contributed by atoms with van der Waals surface area (Å²) in [7, 11) is 0. The van der Waals surface area contributed by atoms with Crippen LogP contribution in [0.1, 0.15) is 0 Å². The van der Waals surface area contributed by atoms with Gasteiger partial charge < -0.3 is 0 Å². The van der Waals surface area contributed by atoms with Gasteiger partial charge in [0.25, 0.3) is 0 Å². The minimum absolute atomic E-state index is 0.0648. The topological polar surface area (TPSA) is 58.7 Å². The van der Waals surface area contributed by atoms with Crippen LogP contribution in [0.5, 0.6) is 0 Å². The summed E-state index contributed by atoms with van der Waals surface area (Å²) in [5.74, 6) is 5.25. The lowest BCUT2D eigenvalue weighted by molar-refractivity contribution is -0.118. The molecule has 0 aromatic rings. The lowest BCUT2D eigenvalue weighted by Crippen LogP contribution is -2.38. The lowest BCUT2D eigenvalue weighted by Gasteiger charge is -2.13. The van der Waals surface area contributed by atoms with Crippen molar-refractivity contribution in [2.75, 3.05) is 13.1 Å². The first-order chi connectivity index (χ1) is 3.79. The van der Waals surface area contributed by atoms with Crippen LogP contribution in [0, 0.1) is 0 Å². The van der Waals surface area contributed by atoms with Crippen LogP contribution in [-0.2, 0) is 4.79 Å². The van der Waals surface area contributed by atoms with E-state index >= 15 is 0 Å². The van der Waals surface area contributed by atoms with Gasteiger partial charge in [-0.1, -0.05) is 0 Å². The number of nitrogens with two attached hydrogens (primary N) is 1. The Morgan fingerprint density at radius 2 is 2.62 bits per heavy atom. The quantitative estimate of drug-likeness (QED) is 0.400. The normalized spacial score (nSPS) is 19.6. The molecule has 0 saturated heterocycles. The van der Waals surface area contributed by atoms with Crippen molar-refractivity contribution in [2.24, 2.45) is 10.8 Å². The Labute approximate surface area is 47.0 Å². The zero-order valence-electron chi connectivity index (χ0n) is 4.37. The number of carbonyl (C=O) groups is 1. The van der Waals surface area contributed by atoms with E-state index in [9.17, 15) is 4.79 Å². The molecule has 0 spiro atoms. The van der Waals surface area contributed by atoms with Gasteiger partial charge in [-0.3, -0.25) is 14.8 Å². The molecule has 1 aliphatic heterocycles. The molecule has 0 atom stereocenters. The summed E-state index contributed by atoms with van der Waals surface area (Å²) in [6.45, 7) is 0.581. The van der Waals surface area contributed by atoms with E-state index < -0.39 is 0 Å². The molecule has 4 nitrogen and oxygen atoms in total. The average molecular weight is 113 g/mol. The maximum absolute atomic E-state index is 10.4. The maximum Gasteiger partial charge on any atom is 0.175 e. The molecule has 0 unspecified atom stereocenters. The zero-order chi connectivity index (χ0) is 5.98. The molecule has 0 amide bonds. The van der Waals surface area contributed by atoms with Gasteiger partial charge in [0.15, 0.2) is 5.78 Å². The number of carbonyl (C=O) groups excluding carboxylic acids is 1. The molecule has 1 rings (SSSR count). The molecule has 0 aromatic carbocycles. The second kappa shape index (κ2) is 1.92. The number of Topliss-reactive ketones (excluding diaryl/α,β-unsaturated/α-hetero) is 1. The van der Waals surface area contributed by atoms with Crippen LogP contribution < -0.4 is 5.84 Å². The Morgan fingerprint density at radius 1 is 1.88 bits per heavy atom. The Balaban J connectivity index is 2.54. The number of hydrazine groups is 1. The third kappa shape index (κ3) is 1.04. The first-order valence-electron chi connectivity index (χ1n) is 2.32. The first kappa shape index (κ1) is 5.24. The van der Waals surface area contributed by atoms with Crippen molar-refractivity contribution in [1.29, 1.82) is 0 Å². The number of nitrogens with zero attached hydrogens (tertiary/aromatic N) is 2. The number of rotatable bonds is 0. The number of hydrogen-bond acceptors (Lipinski definition) is 4. The summed E-state index contributed by atoms with van der Waals surface area (Å²) in [5, 5.41) is 1.27. The van der Waals surface area contributed by atoms with Crippen LogP contribution in [0.4, 0.5) is 0 Å². The van der Waals surface area contributed by atoms with Crippen molar-refractivity contribution in [3.8, 4) is 0 Å². The Hall–Kier alpha value is -0.900. The third-order valence-electron chi connectivity index (χ3n) is 0.857. The Kier molecular flexibility index (Phi) is 1.26. The number of ketones is 1. The van der Waals surface area contributed by atoms with Crippen LogP contribution >= 0.6 is 0 Å². The summed E-state index contributed by atoms with van der Waals surface area (Å²) in [5.41, 5.74) is 0. The van der Waals surface area contributed by atoms with Gasteiger partial charge in [0.1, 0.15) is 6.54 Å². The van der Waals surface area contributed by atoms with Gasteiger partial charge >= 0.3 is 0 Å². The Morgan fingerprint density at radius 3 is 3.00 bits per heavy atom. The predicted molar refractivity (Wildman–Crippen MR) is 29.3 cm³/mol. The minimum atomic E-state index is 0.0648. The van der Waals surface area contributed by atoms with Crippen LogP contribution in [0.25, 0.3) is 0 Å². The van der Waals surface area contributed by atoms with E-state index in [-0.39, 0.29) is 12.3 Å². The van der Waals surface area contributed by atoms with Crippen molar-refractivity contribution in [1.82, 2.24) is 5.01 Å². The standard InChI is InChI=1S/C4H7N3O/c5-7-2-4(8)1-6-3-7/h3H,1-2,5H2. The first-order valence-corrected chi connectivity index (χ1v) is 2.32.